The zero-order chi connectivity index (χ0) is 12.4. The maximum absolute atomic E-state index is 5.67. The summed E-state index contributed by atoms with van der Waals surface area (Å²) in [4.78, 5) is 4.42. The summed E-state index contributed by atoms with van der Waals surface area (Å²) in [5, 5.41) is 6.73. The molecule has 96 valence electrons. The Morgan fingerprint density at radius 2 is 2.33 bits per heavy atom. The van der Waals surface area contributed by atoms with E-state index in [9.17, 15) is 0 Å². The molecule has 0 aliphatic carbocycles. The van der Waals surface area contributed by atoms with Gasteiger partial charge in [-0.25, -0.2) is 0 Å². The average Bonchev–Trinajstić information content (AvgIpc) is 2.82. The second-order valence-electron chi connectivity index (χ2n) is 4.99. The average molecular weight is 245 g/mol. The summed E-state index contributed by atoms with van der Waals surface area (Å²) in [6.45, 7) is 4.73. The fourth-order valence-electron chi connectivity index (χ4n) is 2.51. The van der Waals surface area contributed by atoms with Crippen molar-refractivity contribution in [2.24, 2.45) is 4.99 Å². The van der Waals surface area contributed by atoms with Gasteiger partial charge in [-0.2, -0.15) is 0 Å². The molecule has 0 aromatic heterocycles. The lowest BCUT2D eigenvalue weighted by molar-refractivity contribution is 0.267. The number of nitrogens with one attached hydrogen (secondary N) is 2. The Kier molecular flexibility index (Phi) is 3.09. The standard InChI is InChI=1S/C14H19N3O/c1-10-8-15-14(17-10)16-9-11-6-7-18-13-5-3-2-4-12(11)13/h2-5,10-11H,6-9H2,1H3,(H2,15,16,17). The molecule has 4 nitrogen and oxygen atoms in total. The fraction of sp³-hybridized carbons (Fsp3) is 0.500. The zero-order valence-corrected chi connectivity index (χ0v) is 10.6. The molecule has 0 spiro atoms. The first-order valence-corrected chi connectivity index (χ1v) is 6.59. The number of rotatable bonds is 2. The van der Waals surface area contributed by atoms with Crippen LogP contribution in [-0.4, -0.2) is 31.7 Å². The van der Waals surface area contributed by atoms with Crippen LogP contribution in [0.4, 0.5) is 0 Å². The van der Waals surface area contributed by atoms with E-state index in [0.29, 0.717) is 12.0 Å². The third kappa shape index (κ3) is 2.28. The molecule has 2 aliphatic rings. The van der Waals surface area contributed by atoms with Crippen LogP contribution in [-0.2, 0) is 0 Å². The zero-order valence-electron chi connectivity index (χ0n) is 10.6. The van der Waals surface area contributed by atoms with Gasteiger partial charge in [0.05, 0.1) is 13.2 Å². The van der Waals surface area contributed by atoms with Crippen LogP contribution in [0.25, 0.3) is 0 Å². The molecule has 0 saturated heterocycles. The highest BCUT2D eigenvalue weighted by Gasteiger charge is 2.22. The van der Waals surface area contributed by atoms with E-state index in [0.717, 1.165) is 37.8 Å². The van der Waals surface area contributed by atoms with Crippen LogP contribution < -0.4 is 15.4 Å². The Balaban J connectivity index is 1.64. The number of hydrogen-bond donors (Lipinski definition) is 2. The van der Waals surface area contributed by atoms with Gasteiger partial charge in [0.1, 0.15) is 5.75 Å². The van der Waals surface area contributed by atoms with Gasteiger partial charge in [-0.3, -0.25) is 4.99 Å². The van der Waals surface area contributed by atoms with Crippen LogP contribution in [0.1, 0.15) is 24.8 Å². The quantitative estimate of drug-likeness (QED) is 0.830. The molecule has 0 saturated carbocycles. The van der Waals surface area contributed by atoms with Crippen molar-refractivity contribution in [2.75, 3.05) is 19.7 Å². The highest BCUT2D eigenvalue weighted by molar-refractivity contribution is 5.81. The van der Waals surface area contributed by atoms with E-state index in [1.54, 1.807) is 0 Å². The number of guanidine groups is 1. The number of nitrogens with zero attached hydrogens (tertiary/aromatic N) is 1. The number of benzene rings is 1. The Labute approximate surface area is 107 Å². The number of aliphatic imine (C=N–C) groups is 1. The summed E-state index contributed by atoms with van der Waals surface area (Å²) >= 11 is 0. The van der Waals surface area contributed by atoms with Crippen molar-refractivity contribution >= 4 is 5.96 Å². The van der Waals surface area contributed by atoms with Crippen LogP contribution in [0.5, 0.6) is 5.75 Å². The first-order valence-electron chi connectivity index (χ1n) is 6.59. The summed E-state index contributed by atoms with van der Waals surface area (Å²) in [7, 11) is 0. The van der Waals surface area contributed by atoms with Gasteiger partial charge in [0.25, 0.3) is 0 Å². The normalized spacial score (nSPS) is 25.7. The molecule has 2 aliphatic heterocycles. The number of para-hydroxylation sites is 1. The van der Waals surface area contributed by atoms with Gasteiger partial charge in [-0.1, -0.05) is 18.2 Å². The van der Waals surface area contributed by atoms with Crippen molar-refractivity contribution in [3.05, 3.63) is 29.8 Å². The lowest BCUT2D eigenvalue weighted by Gasteiger charge is -2.26. The smallest absolute Gasteiger partial charge is 0.191 e. The van der Waals surface area contributed by atoms with Crippen LogP contribution in [0.15, 0.2) is 29.3 Å². The van der Waals surface area contributed by atoms with Crippen molar-refractivity contribution in [3.63, 3.8) is 0 Å². The molecule has 2 heterocycles. The molecule has 2 atom stereocenters. The van der Waals surface area contributed by atoms with Gasteiger partial charge in [-0.15, -0.1) is 0 Å². The van der Waals surface area contributed by atoms with Crippen molar-refractivity contribution in [1.82, 2.24) is 10.6 Å². The topological polar surface area (TPSA) is 45.7 Å². The Bertz CT molecular complexity index is 458. The predicted octanol–water partition coefficient (Wildman–Crippen LogP) is 1.49. The molecular weight excluding hydrogens is 226 g/mol. The van der Waals surface area contributed by atoms with E-state index in [4.69, 9.17) is 4.74 Å². The number of hydrogen-bond acceptors (Lipinski definition) is 4. The minimum atomic E-state index is 0.453. The molecule has 1 aromatic carbocycles. The summed E-state index contributed by atoms with van der Waals surface area (Å²) < 4.78 is 5.67. The largest absolute Gasteiger partial charge is 0.493 e. The second-order valence-corrected chi connectivity index (χ2v) is 4.99. The Hall–Kier alpha value is -1.71. The minimum absolute atomic E-state index is 0.453. The molecule has 0 radical (unpaired) electrons. The van der Waals surface area contributed by atoms with Gasteiger partial charge in [0.2, 0.25) is 0 Å². The molecule has 0 bridgehead atoms. The molecular formula is C14H19N3O. The van der Waals surface area contributed by atoms with Crippen LogP contribution in [0.2, 0.25) is 0 Å². The van der Waals surface area contributed by atoms with E-state index < -0.39 is 0 Å². The molecule has 4 heteroatoms. The van der Waals surface area contributed by atoms with Crippen molar-refractivity contribution in [3.8, 4) is 5.75 Å². The Morgan fingerprint density at radius 3 is 3.17 bits per heavy atom. The molecule has 1 aromatic rings. The SMILES string of the molecule is CC1CN=C(NCC2CCOc3ccccc32)N1. The fourth-order valence-corrected chi connectivity index (χ4v) is 2.51. The summed E-state index contributed by atoms with van der Waals surface area (Å²) in [6.07, 6.45) is 1.06. The van der Waals surface area contributed by atoms with Gasteiger partial charge in [0.15, 0.2) is 5.96 Å². The third-order valence-electron chi connectivity index (χ3n) is 3.51. The van der Waals surface area contributed by atoms with Crippen LogP contribution >= 0.6 is 0 Å². The lowest BCUT2D eigenvalue weighted by Crippen LogP contribution is -2.40. The van der Waals surface area contributed by atoms with E-state index in [2.05, 4.69) is 40.7 Å². The third-order valence-corrected chi connectivity index (χ3v) is 3.51. The Morgan fingerprint density at radius 1 is 1.44 bits per heavy atom. The molecule has 18 heavy (non-hydrogen) atoms. The molecule has 0 amide bonds. The highest BCUT2D eigenvalue weighted by Crippen LogP contribution is 2.32. The van der Waals surface area contributed by atoms with Crippen LogP contribution in [0.3, 0.4) is 0 Å². The van der Waals surface area contributed by atoms with Gasteiger partial charge >= 0.3 is 0 Å². The van der Waals surface area contributed by atoms with Crippen LogP contribution in [0, 0.1) is 0 Å². The van der Waals surface area contributed by atoms with E-state index >= 15 is 0 Å². The monoisotopic (exact) mass is 245 g/mol. The molecule has 3 rings (SSSR count). The predicted molar refractivity (Wildman–Crippen MR) is 72.2 cm³/mol. The second kappa shape index (κ2) is 4.88. The van der Waals surface area contributed by atoms with Crippen molar-refractivity contribution < 1.29 is 4.74 Å². The summed E-state index contributed by atoms with van der Waals surface area (Å²) in [6, 6.07) is 8.77. The first kappa shape index (κ1) is 11.4. The number of fused-ring (bicyclic) bond motifs is 1. The molecule has 2 unspecified atom stereocenters. The van der Waals surface area contributed by atoms with Gasteiger partial charge in [0, 0.05) is 18.5 Å². The first-order chi connectivity index (χ1) is 8.83. The highest BCUT2D eigenvalue weighted by atomic mass is 16.5. The van der Waals surface area contributed by atoms with Gasteiger partial charge in [-0.05, 0) is 25.0 Å². The maximum Gasteiger partial charge on any atom is 0.191 e. The summed E-state index contributed by atoms with van der Waals surface area (Å²) in [5.74, 6) is 2.48. The summed E-state index contributed by atoms with van der Waals surface area (Å²) in [5.41, 5.74) is 1.31. The van der Waals surface area contributed by atoms with Crippen molar-refractivity contribution in [1.29, 1.82) is 0 Å². The van der Waals surface area contributed by atoms with E-state index in [-0.39, 0.29) is 0 Å². The number of ether oxygens (including phenoxy) is 1. The van der Waals surface area contributed by atoms with E-state index in [1.165, 1.54) is 5.56 Å². The van der Waals surface area contributed by atoms with E-state index in [1.807, 2.05) is 6.07 Å². The lowest BCUT2D eigenvalue weighted by atomic mass is 9.93. The maximum atomic E-state index is 5.67. The van der Waals surface area contributed by atoms with Gasteiger partial charge < -0.3 is 15.4 Å². The minimum Gasteiger partial charge on any atom is -0.493 e. The van der Waals surface area contributed by atoms with Crippen molar-refractivity contribution in [2.45, 2.75) is 25.3 Å². The molecule has 0 fully saturated rings. The molecule has 2 N–H and O–H groups in total.